The fourth-order valence-electron chi connectivity index (χ4n) is 4.67. The van der Waals surface area contributed by atoms with Crippen molar-refractivity contribution >= 4 is 39.8 Å². The molecule has 3 N–H and O–H groups in total. The van der Waals surface area contributed by atoms with E-state index in [1.165, 1.54) is 17.5 Å². The predicted molar refractivity (Wildman–Crippen MR) is 130 cm³/mol. The molecule has 2 amide bonds. The summed E-state index contributed by atoms with van der Waals surface area (Å²) in [6.45, 7) is 5.55. The van der Waals surface area contributed by atoms with E-state index in [0.717, 1.165) is 25.1 Å². The number of anilines is 3. The number of phenolic OH excluding ortho intramolecular Hbond substituents is 1. The zero-order valence-corrected chi connectivity index (χ0v) is 20.1. The standard InChI is InChI=1S/C23H27N7O3S/c1-13-4-5-17(31)14(2)21(13)26-22(33)18-9-24-23(34-18)25-19-6-7-29(27-19)12-20(32)30-11-15-8-16(30)10-28(15)3/h4-7,9,15-16,31H,8,10-12H2,1-3H3,(H,26,33)(H,24,25,27)/t15-,16-/m0/s1. The molecule has 34 heavy (non-hydrogen) atoms. The number of phenols is 1. The van der Waals surface area contributed by atoms with E-state index in [4.69, 9.17) is 0 Å². The van der Waals surface area contributed by atoms with Gasteiger partial charge in [-0.1, -0.05) is 17.4 Å². The van der Waals surface area contributed by atoms with Crippen molar-refractivity contribution in [1.82, 2.24) is 24.6 Å². The Morgan fingerprint density at radius 1 is 1.21 bits per heavy atom. The van der Waals surface area contributed by atoms with Crippen LogP contribution in [-0.2, 0) is 11.3 Å². The number of benzene rings is 1. The lowest BCUT2D eigenvalue weighted by atomic mass is 10.1. The highest BCUT2D eigenvalue weighted by molar-refractivity contribution is 7.17. The molecule has 2 aliphatic heterocycles. The van der Waals surface area contributed by atoms with E-state index >= 15 is 0 Å². The molecule has 2 fully saturated rings. The SMILES string of the molecule is Cc1ccc(O)c(C)c1NC(=O)c1cnc(Nc2ccn(CC(=O)N3C[C@@H]4C[C@H]3CN4C)n2)s1. The van der Waals surface area contributed by atoms with Gasteiger partial charge in [-0.05, 0) is 38.9 Å². The van der Waals surface area contributed by atoms with Gasteiger partial charge in [0.1, 0.15) is 17.2 Å². The normalized spacial score (nSPS) is 19.6. The van der Waals surface area contributed by atoms with Crippen molar-refractivity contribution < 1.29 is 14.7 Å². The Morgan fingerprint density at radius 3 is 2.76 bits per heavy atom. The molecule has 0 saturated carbocycles. The average Bonchev–Trinajstić information content (AvgIpc) is 3.59. The van der Waals surface area contributed by atoms with Gasteiger partial charge < -0.3 is 20.6 Å². The maximum atomic E-state index is 12.7. The number of piperazine rings is 1. The number of thiazole rings is 1. The van der Waals surface area contributed by atoms with Gasteiger partial charge in [-0.25, -0.2) is 4.98 Å². The Kier molecular flexibility index (Phi) is 5.74. The van der Waals surface area contributed by atoms with E-state index in [1.807, 2.05) is 11.8 Å². The lowest BCUT2D eigenvalue weighted by molar-refractivity contribution is -0.134. The fourth-order valence-corrected chi connectivity index (χ4v) is 5.39. The van der Waals surface area contributed by atoms with Crippen molar-refractivity contribution in [2.45, 2.75) is 38.9 Å². The molecule has 2 bridgehead atoms. The third kappa shape index (κ3) is 4.24. The Bertz CT molecular complexity index is 1250. The Balaban J connectivity index is 1.19. The van der Waals surface area contributed by atoms with Gasteiger partial charge in [0.05, 0.1) is 11.9 Å². The number of nitrogens with one attached hydrogen (secondary N) is 2. The van der Waals surface area contributed by atoms with Crippen molar-refractivity contribution in [3.8, 4) is 5.75 Å². The highest BCUT2D eigenvalue weighted by Gasteiger charge is 2.43. The number of fused-ring (bicyclic) bond motifs is 2. The van der Waals surface area contributed by atoms with Gasteiger partial charge in [0.2, 0.25) is 5.91 Å². The number of rotatable bonds is 6. The quantitative estimate of drug-likeness (QED) is 0.496. The molecule has 1 aromatic carbocycles. The highest BCUT2D eigenvalue weighted by Crippen LogP contribution is 2.30. The number of amides is 2. The number of carbonyl (C=O) groups excluding carboxylic acids is 2. The lowest BCUT2D eigenvalue weighted by Crippen LogP contribution is -2.48. The Labute approximate surface area is 201 Å². The number of aromatic nitrogens is 3. The highest BCUT2D eigenvalue weighted by atomic mass is 32.1. The van der Waals surface area contributed by atoms with Gasteiger partial charge in [0.15, 0.2) is 10.9 Å². The molecule has 0 radical (unpaired) electrons. The minimum atomic E-state index is -0.302. The molecule has 5 rings (SSSR count). The number of hydrogen-bond acceptors (Lipinski definition) is 8. The number of hydrogen-bond donors (Lipinski definition) is 3. The number of aromatic hydroxyl groups is 1. The Hall–Kier alpha value is -3.44. The smallest absolute Gasteiger partial charge is 0.267 e. The van der Waals surface area contributed by atoms with Crippen molar-refractivity contribution in [2.75, 3.05) is 30.8 Å². The molecule has 11 heteroatoms. The molecule has 2 saturated heterocycles. The summed E-state index contributed by atoms with van der Waals surface area (Å²) >= 11 is 1.20. The van der Waals surface area contributed by atoms with Crippen LogP contribution in [0.1, 0.15) is 27.2 Å². The van der Waals surface area contributed by atoms with Crippen LogP contribution in [0.15, 0.2) is 30.6 Å². The average molecular weight is 482 g/mol. The summed E-state index contributed by atoms with van der Waals surface area (Å²) in [5, 5.41) is 20.8. The van der Waals surface area contributed by atoms with Crippen LogP contribution in [0.25, 0.3) is 0 Å². The summed E-state index contributed by atoms with van der Waals surface area (Å²) in [5.74, 6) is 0.465. The molecule has 3 aromatic rings. The van der Waals surface area contributed by atoms with Gasteiger partial charge in [-0.3, -0.25) is 19.2 Å². The zero-order valence-electron chi connectivity index (χ0n) is 19.3. The molecule has 2 aromatic heterocycles. The third-order valence-corrected chi connectivity index (χ3v) is 7.53. The van der Waals surface area contributed by atoms with E-state index in [9.17, 15) is 14.7 Å². The molecule has 2 aliphatic rings. The first kappa shape index (κ1) is 22.4. The van der Waals surface area contributed by atoms with Crippen LogP contribution in [0.2, 0.25) is 0 Å². The Morgan fingerprint density at radius 2 is 2.03 bits per heavy atom. The van der Waals surface area contributed by atoms with Gasteiger partial charge in [0, 0.05) is 43.0 Å². The summed E-state index contributed by atoms with van der Waals surface area (Å²) in [4.78, 5) is 34.4. The molecule has 0 spiro atoms. The van der Waals surface area contributed by atoms with Crippen molar-refractivity contribution in [2.24, 2.45) is 0 Å². The van der Waals surface area contributed by atoms with E-state index in [0.29, 0.717) is 39.2 Å². The zero-order chi connectivity index (χ0) is 24.0. The minimum absolute atomic E-state index is 0.0843. The van der Waals surface area contributed by atoms with Gasteiger partial charge >= 0.3 is 0 Å². The van der Waals surface area contributed by atoms with Crippen molar-refractivity contribution in [1.29, 1.82) is 0 Å². The molecule has 178 valence electrons. The van der Waals surface area contributed by atoms with Crippen LogP contribution in [0, 0.1) is 13.8 Å². The van der Waals surface area contributed by atoms with Crippen LogP contribution in [0.3, 0.4) is 0 Å². The fraction of sp³-hybridized carbons (Fsp3) is 0.391. The number of aryl methyl sites for hydroxylation is 1. The molecule has 4 heterocycles. The number of likely N-dealkylation sites (tertiary alicyclic amines) is 2. The minimum Gasteiger partial charge on any atom is -0.508 e. The summed E-state index contributed by atoms with van der Waals surface area (Å²) in [6.07, 6.45) is 4.31. The topological polar surface area (TPSA) is 116 Å². The summed E-state index contributed by atoms with van der Waals surface area (Å²) in [6, 6.07) is 5.92. The second kappa shape index (κ2) is 8.73. The first-order valence-corrected chi connectivity index (χ1v) is 12.0. The second-order valence-corrected chi connectivity index (χ2v) is 9.97. The number of carbonyl (C=O) groups is 2. The van der Waals surface area contributed by atoms with E-state index in [1.54, 1.807) is 36.0 Å². The van der Waals surface area contributed by atoms with Gasteiger partial charge in [-0.15, -0.1) is 0 Å². The van der Waals surface area contributed by atoms with Gasteiger partial charge in [-0.2, -0.15) is 5.10 Å². The maximum Gasteiger partial charge on any atom is 0.267 e. The van der Waals surface area contributed by atoms with Crippen molar-refractivity contribution in [3.05, 3.63) is 46.6 Å². The van der Waals surface area contributed by atoms with Crippen molar-refractivity contribution in [3.63, 3.8) is 0 Å². The van der Waals surface area contributed by atoms with Crippen LogP contribution in [-0.4, -0.2) is 73.7 Å². The lowest BCUT2D eigenvalue weighted by Gasteiger charge is -2.31. The first-order chi connectivity index (χ1) is 16.3. The number of likely N-dealkylation sites (N-methyl/N-ethyl adjacent to an activating group) is 1. The molecule has 0 unspecified atom stereocenters. The molecular formula is C23H27N7O3S. The monoisotopic (exact) mass is 481 g/mol. The molecule has 10 nitrogen and oxygen atoms in total. The summed E-state index contributed by atoms with van der Waals surface area (Å²) < 4.78 is 1.62. The van der Waals surface area contributed by atoms with Crippen LogP contribution in [0.4, 0.5) is 16.6 Å². The first-order valence-electron chi connectivity index (χ1n) is 11.1. The van der Waals surface area contributed by atoms with Crippen LogP contribution >= 0.6 is 11.3 Å². The molecule has 0 aliphatic carbocycles. The molecule has 2 atom stereocenters. The molecular weight excluding hydrogens is 454 g/mol. The maximum absolute atomic E-state index is 12.7. The van der Waals surface area contributed by atoms with E-state index < -0.39 is 0 Å². The predicted octanol–water partition coefficient (Wildman–Crippen LogP) is 2.57. The van der Waals surface area contributed by atoms with E-state index in [-0.39, 0.29) is 24.1 Å². The van der Waals surface area contributed by atoms with Crippen LogP contribution < -0.4 is 10.6 Å². The van der Waals surface area contributed by atoms with E-state index in [2.05, 4.69) is 32.7 Å². The third-order valence-electron chi connectivity index (χ3n) is 6.62. The van der Waals surface area contributed by atoms with Gasteiger partial charge in [0.25, 0.3) is 5.91 Å². The second-order valence-electron chi connectivity index (χ2n) is 8.94. The largest absolute Gasteiger partial charge is 0.508 e. The summed E-state index contributed by atoms with van der Waals surface area (Å²) in [7, 11) is 2.11. The summed E-state index contributed by atoms with van der Waals surface area (Å²) in [5.41, 5.74) is 2.07. The van der Waals surface area contributed by atoms with Crippen LogP contribution in [0.5, 0.6) is 5.75 Å². The number of nitrogens with zero attached hydrogens (tertiary/aromatic N) is 5.